The Bertz CT molecular complexity index is 152. The summed E-state index contributed by atoms with van der Waals surface area (Å²) in [7, 11) is 1.37. The first-order chi connectivity index (χ1) is 4.66. The van der Waals surface area contributed by atoms with Gasteiger partial charge in [0.2, 0.25) is 0 Å². The Hall–Kier alpha value is -0.360. The highest BCUT2D eigenvalue weighted by molar-refractivity contribution is 7.44. The molecule has 0 aliphatic carbocycles. The summed E-state index contributed by atoms with van der Waals surface area (Å²) in [5.41, 5.74) is 0. The van der Waals surface area contributed by atoms with Crippen LogP contribution < -0.4 is 0 Å². The van der Waals surface area contributed by atoms with Crippen LogP contribution in [0.25, 0.3) is 0 Å². The fourth-order valence-corrected chi connectivity index (χ4v) is 0.694. The van der Waals surface area contributed by atoms with E-state index >= 15 is 0 Å². The number of nitrogens with zero attached hydrogens (tertiary/aromatic N) is 2. The van der Waals surface area contributed by atoms with Crippen LogP contribution in [0.15, 0.2) is 0 Å². The summed E-state index contributed by atoms with van der Waals surface area (Å²) in [6.45, 7) is 1.05. The zero-order valence-electron chi connectivity index (χ0n) is 6.13. The predicted octanol–water partition coefficient (Wildman–Crippen LogP) is 0.520. The van der Waals surface area contributed by atoms with E-state index in [4.69, 9.17) is 5.26 Å². The van der Waals surface area contributed by atoms with Gasteiger partial charge in [0.15, 0.2) is 5.81 Å². The number of hydrogen-bond acceptors (Lipinski definition) is 4. The molecule has 10 heavy (non-hydrogen) atoms. The SMILES string of the molecule is CN(C)CCO[PH](=O)C#N. The first-order valence-corrected chi connectivity index (χ1v) is 4.20. The quantitative estimate of drug-likeness (QED) is 0.565. The summed E-state index contributed by atoms with van der Waals surface area (Å²) < 4.78 is 15.0. The molecule has 0 saturated heterocycles. The van der Waals surface area contributed by atoms with Crippen LogP contribution in [0.1, 0.15) is 0 Å². The van der Waals surface area contributed by atoms with Gasteiger partial charge in [0.25, 0.3) is 8.03 Å². The van der Waals surface area contributed by atoms with E-state index in [-0.39, 0.29) is 0 Å². The lowest BCUT2D eigenvalue weighted by Gasteiger charge is -2.06. The molecule has 0 aromatic carbocycles. The van der Waals surface area contributed by atoms with Gasteiger partial charge in [0.05, 0.1) is 6.61 Å². The third-order valence-corrected chi connectivity index (χ3v) is 1.51. The van der Waals surface area contributed by atoms with Crippen molar-refractivity contribution in [1.82, 2.24) is 4.90 Å². The zero-order chi connectivity index (χ0) is 7.98. The van der Waals surface area contributed by atoms with Crippen molar-refractivity contribution in [2.75, 3.05) is 27.2 Å². The van der Waals surface area contributed by atoms with E-state index in [0.717, 1.165) is 0 Å². The Kier molecular flexibility index (Phi) is 5.23. The van der Waals surface area contributed by atoms with Gasteiger partial charge in [-0.15, -0.1) is 0 Å². The molecule has 0 bridgehead atoms. The molecule has 0 N–H and O–H groups in total. The van der Waals surface area contributed by atoms with E-state index in [0.29, 0.717) is 13.2 Å². The molecule has 0 aromatic rings. The fraction of sp³-hybridized carbons (Fsp3) is 0.800. The third-order valence-electron chi connectivity index (χ3n) is 0.863. The summed E-state index contributed by atoms with van der Waals surface area (Å²) in [6, 6.07) is 0. The normalized spacial score (nSPS) is 13.0. The van der Waals surface area contributed by atoms with Crippen molar-refractivity contribution in [3.63, 3.8) is 0 Å². The molecule has 0 amide bonds. The van der Waals surface area contributed by atoms with Crippen LogP contribution in [0.5, 0.6) is 0 Å². The standard InChI is InChI=1S/C5H11N2O2P/c1-7(2)3-4-9-10(8)5-6/h10H,3-4H2,1-2H3. The average Bonchev–Trinajstić information content (AvgIpc) is 1.87. The van der Waals surface area contributed by atoms with E-state index in [1.165, 1.54) is 0 Å². The summed E-state index contributed by atoms with van der Waals surface area (Å²) >= 11 is 0. The Balaban J connectivity index is 3.22. The second-order valence-corrected chi connectivity index (χ2v) is 3.14. The molecule has 0 spiro atoms. The highest BCUT2D eigenvalue weighted by Crippen LogP contribution is 2.17. The Morgan fingerprint density at radius 2 is 2.30 bits per heavy atom. The molecule has 0 aromatic heterocycles. The van der Waals surface area contributed by atoms with Crippen molar-refractivity contribution in [2.24, 2.45) is 0 Å². The molecule has 58 valence electrons. The lowest BCUT2D eigenvalue weighted by atomic mass is 10.6. The van der Waals surface area contributed by atoms with Crippen LogP contribution in [0.3, 0.4) is 0 Å². The van der Waals surface area contributed by atoms with Crippen LogP contribution in [-0.4, -0.2) is 32.1 Å². The fourth-order valence-electron chi connectivity index (χ4n) is 0.353. The summed E-state index contributed by atoms with van der Waals surface area (Å²) in [6.07, 6.45) is 0. The minimum absolute atomic E-state index is 0.359. The average molecular weight is 162 g/mol. The van der Waals surface area contributed by atoms with Crippen molar-refractivity contribution in [1.29, 1.82) is 5.26 Å². The first kappa shape index (κ1) is 9.64. The topological polar surface area (TPSA) is 53.3 Å². The van der Waals surface area contributed by atoms with E-state index in [1.807, 2.05) is 19.0 Å². The number of nitriles is 1. The molecule has 4 nitrogen and oxygen atoms in total. The van der Waals surface area contributed by atoms with Crippen molar-refractivity contribution >= 4 is 8.03 Å². The van der Waals surface area contributed by atoms with Crippen molar-refractivity contribution in [3.8, 4) is 5.81 Å². The van der Waals surface area contributed by atoms with Crippen LogP contribution >= 0.6 is 8.03 Å². The minimum Gasteiger partial charge on any atom is -0.319 e. The van der Waals surface area contributed by atoms with Crippen molar-refractivity contribution < 1.29 is 9.09 Å². The van der Waals surface area contributed by atoms with Gasteiger partial charge in [-0.1, -0.05) is 0 Å². The van der Waals surface area contributed by atoms with Gasteiger partial charge in [0, 0.05) is 6.54 Å². The predicted molar refractivity (Wildman–Crippen MR) is 39.1 cm³/mol. The minimum atomic E-state index is -2.40. The van der Waals surface area contributed by atoms with E-state index < -0.39 is 8.03 Å². The van der Waals surface area contributed by atoms with E-state index in [1.54, 1.807) is 5.81 Å². The Labute approximate surface area is 61.3 Å². The largest absolute Gasteiger partial charge is 0.319 e. The van der Waals surface area contributed by atoms with E-state index in [9.17, 15) is 4.57 Å². The summed E-state index contributed by atoms with van der Waals surface area (Å²) in [5, 5.41) is 8.04. The molecule has 0 heterocycles. The third kappa shape index (κ3) is 5.77. The van der Waals surface area contributed by atoms with Crippen LogP contribution in [0, 0.1) is 11.1 Å². The monoisotopic (exact) mass is 162 g/mol. The maximum absolute atomic E-state index is 10.4. The second-order valence-electron chi connectivity index (χ2n) is 2.05. The number of likely N-dealkylation sites (N-methyl/N-ethyl adjacent to an activating group) is 1. The number of hydrogen-bond donors (Lipinski definition) is 0. The van der Waals surface area contributed by atoms with Crippen LogP contribution in [0.4, 0.5) is 0 Å². The highest BCUT2D eigenvalue weighted by atomic mass is 31.1. The van der Waals surface area contributed by atoms with Gasteiger partial charge in [-0.25, -0.2) is 0 Å². The van der Waals surface area contributed by atoms with Gasteiger partial charge in [-0.3, -0.25) is 4.57 Å². The van der Waals surface area contributed by atoms with Crippen molar-refractivity contribution in [2.45, 2.75) is 0 Å². The Morgan fingerprint density at radius 1 is 1.70 bits per heavy atom. The molecule has 0 saturated carbocycles. The van der Waals surface area contributed by atoms with Gasteiger partial charge in [-0.05, 0) is 14.1 Å². The van der Waals surface area contributed by atoms with Crippen molar-refractivity contribution in [3.05, 3.63) is 0 Å². The first-order valence-electron chi connectivity index (χ1n) is 2.88. The smallest absolute Gasteiger partial charge is 0.288 e. The Morgan fingerprint density at radius 3 is 2.70 bits per heavy atom. The van der Waals surface area contributed by atoms with Crippen LogP contribution in [-0.2, 0) is 9.09 Å². The molecular formula is C5H11N2O2P. The zero-order valence-corrected chi connectivity index (χ0v) is 7.13. The molecule has 1 atom stereocenters. The maximum atomic E-state index is 10.4. The van der Waals surface area contributed by atoms with Gasteiger partial charge in [-0.2, -0.15) is 5.26 Å². The molecule has 5 heteroatoms. The van der Waals surface area contributed by atoms with Crippen LogP contribution in [0.2, 0.25) is 0 Å². The lowest BCUT2D eigenvalue weighted by Crippen LogP contribution is -2.16. The second kappa shape index (κ2) is 5.43. The van der Waals surface area contributed by atoms with Gasteiger partial charge < -0.3 is 9.42 Å². The lowest BCUT2D eigenvalue weighted by molar-refractivity contribution is 0.274. The molecular weight excluding hydrogens is 151 g/mol. The van der Waals surface area contributed by atoms with Gasteiger partial charge >= 0.3 is 0 Å². The summed E-state index contributed by atoms with van der Waals surface area (Å²) in [5.74, 6) is 1.54. The molecule has 0 aliphatic rings. The molecule has 0 fully saturated rings. The molecule has 0 rings (SSSR count). The van der Waals surface area contributed by atoms with E-state index in [2.05, 4.69) is 4.52 Å². The maximum Gasteiger partial charge on any atom is 0.288 e. The summed E-state index contributed by atoms with van der Waals surface area (Å²) in [4.78, 5) is 1.90. The molecule has 1 unspecified atom stereocenters. The highest BCUT2D eigenvalue weighted by Gasteiger charge is 1.95. The van der Waals surface area contributed by atoms with Gasteiger partial charge in [0.1, 0.15) is 0 Å². The molecule has 0 aliphatic heterocycles. The number of rotatable bonds is 4. The molecule has 0 radical (unpaired) electrons.